The van der Waals surface area contributed by atoms with Crippen molar-refractivity contribution in [3.63, 3.8) is 0 Å². The SMILES string of the molecule is C.C.C.C.C1CCCCC1.CCC.CCCC.[B]. The molecule has 1 rings (SSSR count). The van der Waals surface area contributed by atoms with Crippen molar-refractivity contribution in [1.29, 1.82) is 0 Å². The van der Waals surface area contributed by atoms with Crippen LogP contribution in [0, 0.1) is 0 Å². The van der Waals surface area contributed by atoms with E-state index in [0.29, 0.717) is 0 Å². The van der Waals surface area contributed by atoms with Crippen LogP contribution < -0.4 is 0 Å². The maximum absolute atomic E-state index is 2.18. The predicted molar refractivity (Wildman–Crippen MR) is 96.9 cm³/mol. The Hall–Kier alpha value is 0.0649. The molecule has 0 saturated heterocycles. The Kier molecular flexibility index (Phi) is 128. The molecule has 3 radical (unpaired) electrons. The number of rotatable bonds is 1. The first-order valence-electron chi connectivity index (χ1n) is 6.33. The zero-order chi connectivity index (χ0) is 10.4. The van der Waals surface area contributed by atoms with Crippen molar-refractivity contribution in [1.82, 2.24) is 0 Å². The van der Waals surface area contributed by atoms with Crippen molar-refractivity contribution in [2.75, 3.05) is 0 Å². The van der Waals surface area contributed by atoms with Crippen molar-refractivity contribution in [2.24, 2.45) is 0 Å². The molecule has 0 atom stereocenters. The minimum Gasteiger partial charge on any atom is -0.0776 e. The molecular weight excluding hydrogens is 215 g/mol. The molecule has 18 heavy (non-hydrogen) atoms. The average molecular weight is 261 g/mol. The first-order valence-corrected chi connectivity index (χ1v) is 6.33. The second-order valence-corrected chi connectivity index (χ2v) is 3.83. The molecule has 0 N–H and O–H groups in total. The Morgan fingerprint density at radius 1 is 0.500 bits per heavy atom. The summed E-state index contributed by atoms with van der Waals surface area (Å²) >= 11 is 0. The van der Waals surface area contributed by atoms with E-state index in [4.69, 9.17) is 0 Å². The molecule has 0 aliphatic heterocycles. The number of hydrogen-bond donors (Lipinski definition) is 0. The lowest BCUT2D eigenvalue weighted by Gasteiger charge is -2.05. The second kappa shape index (κ2) is 53.6. The molecule has 0 unspecified atom stereocenters. The summed E-state index contributed by atoms with van der Waals surface area (Å²) in [5.41, 5.74) is 0. The first kappa shape index (κ1) is 43.0. The van der Waals surface area contributed by atoms with Crippen LogP contribution in [-0.4, -0.2) is 8.41 Å². The Labute approximate surface area is 124 Å². The summed E-state index contributed by atoms with van der Waals surface area (Å²) in [6.07, 6.45) is 12.9. The van der Waals surface area contributed by atoms with Crippen molar-refractivity contribution in [3.8, 4) is 0 Å². The molecule has 0 heterocycles. The van der Waals surface area contributed by atoms with Crippen LogP contribution in [0.25, 0.3) is 0 Å². The smallest absolute Gasteiger partial charge is 0 e. The fraction of sp³-hybridized carbons (Fsp3) is 1.00. The molecule has 0 spiro atoms. The van der Waals surface area contributed by atoms with E-state index >= 15 is 0 Å². The van der Waals surface area contributed by atoms with Gasteiger partial charge >= 0.3 is 0 Å². The Morgan fingerprint density at radius 2 is 0.611 bits per heavy atom. The predicted octanol–water partition coefficient (Wildman–Crippen LogP) is 7.73. The van der Waals surface area contributed by atoms with E-state index in [2.05, 4.69) is 27.7 Å². The highest BCUT2D eigenvalue weighted by Gasteiger charge is 1.95. The zero-order valence-electron chi connectivity index (χ0n) is 10.9. The molecule has 0 aromatic heterocycles. The summed E-state index contributed by atoms with van der Waals surface area (Å²) in [6.45, 7) is 8.61. The molecule has 1 saturated carbocycles. The zero-order valence-corrected chi connectivity index (χ0v) is 10.9. The summed E-state index contributed by atoms with van der Waals surface area (Å²) in [5.74, 6) is 0. The van der Waals surface area contributed by atoms with Crippen LogP contribution in [0.5, 0.6) is 0 Å². The van der Waals surface area contributed by atoms with E-state index < -0.39 is 0 Å². The van der Waals surface area contributed by atoms with Crippen LogP contribution in [0.1, 0.15) is 115 Å². The lowest BCUT2D eigenvalue weighted by Crippen LogP contribution is -1.85. The summed E-state index contributed by atoms with van der Waals surface area (Å²) in [7, 11) is 0. The van der Waals surface area contributed by atoms with Gasteiger partial charge in [0.15, 0.2) is 0 Å². The molecule has 117 valence electrons. The van der Waals surface area contributed by atoms with Gasteiger partial charge < -0.3 is 0 Å². The standard InChI is InChI=1S/C6H12.C4H10.C3H8.4CH4.B/c1-2-4-6-5-3-1;1-3-4-2;1-3-2;;;;;/h1-6H2;3-4H2,1-2H3;3H2,1-2H3;4*1H4;. The monoisotopic (exact) mass is 261 g/mol. The number of unbranched alkanes of at least 4 members (excludes halogenated alkanes) is 1. The van der Waals surface area contributed by atoms with Gasteiger partial charge in [-0.1, -0.05) is 115 Å². The molecule has 1 aliphatic carbocycles. The Balaban J connectivity index is -0.0000000186. The van der Waals surface area contributed by atoms with Gasteiger partial charge in [0.1, 0.15) is 0 Å². The number of hydrogen-bond acceptors (Lipinski definition) is 0. The molecule has 0 bridgehead atoms. The summed E-state index contributed by atoms with van der Waals surface area (Å²) in [4.78, 5) is 0. The third-order valence-corrected chi connectivity index (χ3v) is 2.00. The summed E-state index contributed by atoms with van der Waals surface area (Å²) in [5, 5.41) is 0. The highest BCUT2D eigenvalue weighted by molar-refractivity contribution is 5.75. The lowest BCUT2D eigenvalue weighted by molar-refractivity contribution is 0.504. The second-order valence-electron chi connectivity index (χ2n) is 3.83. The third kappa shape index (κ3) is 73.0. The van der Waals surface area contributed by atoms with Crippen LogP contribution in [0.3, 0.4) is 0 Å². The van der Waals surface area contributed by atoms with Gasteiger partial charge in [0.2, 0.25) is 0 Å². The van der Waals surface area contributed by atoms with E-state index in [0.717, 1.165) is 0 Å². The van der Waals surface area contributed by atoms with Crippen molar-refractivity contribution in [3.05, 3.63) is 0 Å². The Morgan fingerprint density at radius 3 is 0.667 bits per heavy atom. The fourth-order valence-electron chi connectivity index (χ4n) is 1.06. The van der Waals surface area contributed by atoms with Gasteiger partial charge in [0.05, 0.1) is 0 Å². The van der Waals surface area contributed by atoms with Crippen molar-refractivity contribution < 1.29 is 0 Å². The van der Waals surface area contributed by atoms with Gasteiger partial charge in [-0.15, -0.1) is 0 Å². The quantitative estimate of drug-likeness (QED) is 0.424. The highest BCUT2D eigenvalue weighted by Crippen LogP contribution is 2.15. The lowest BCUT2D eigenvalue weighted by atomic mass is 10.0. The molecule has 0 amide bonds. The molecule has 0 aromatic carbocycles. The fourth-order valence-corrected chi connectivity index (χ4v) is 1.06. The van der Waals surface area contributed by atoms with Crippen LogP contribution in [0.2, 0.25) is 0 Å². The molecule has 0 aromatic rings. The van der Waals surface area contributed by atoms with Gasteiger partial charge in [-0.05, 0) is 0 Å². The van der Waals surface area contributed by atoms with Gasteiger partial charge in [0.25, 0.3) is 0 Å². The van der Waals surface area contributed by atoms with Crippen LogP contribution in [-0.2, 0) is 0 Å². The maximum atomic E-state index is 2.18. The molecular formula is C17H46B. The summed E-state index contributed by atoms with van der Waals surface area (Å²) < 4.78 is 0. The van der Waals surface area contributed by atoms with E-state index in [9.17, 15) is 0 Å². The minimum absolute atomic E-state index is 0. The maximum Gasteiger partial charge on any atom is 0 e. The normalized spacial score (nSPS) is 10.7. The Bertz CT molecular complexity index is 45.1. The minimum atomic E-state index is 0. The topological polar surface area (TPSA) is 0 Å². The first-order chi connectivity index (χ1) is 6.33. The van der Waals surface area contributed by atoms with E-state index in [1.54, 1.807) is 0 Å². The molecule has 0 nitrogen and oxygen atoms in total. The largest absolute Gasteiger partial charge is 0.0776 e. The summed E-state index contributed by atoms with van der Waals surface area (Å²) in [6, 6.07) is 0. The molecule has 1 heteroatoms. The molecule has 1 aliphatic rings. The van der Waals surface area contributed by atoms with Crippen molar-refractivity contribution in [2.45, 2.75) is 115 Å². The van der Waals surface area contributed by atoms with Gasteiger partial charge in [0, 0.05) is 8.41 Å². The average Bonchev–Trinajstić information content (AvgIpc) is 2.22. The van der Waals surface area contributed by atoms with Crippen molar-refractivity contribution >= 4 is 8.41 Å². The van der Waals surface area contributed by atoms with E-state index in [1.165, 1.54) is 57.8 Å². The van der Waals surface area contributed by atoms with Gasteiger partial charge in [-0.25, -0.2) is 0 Å². The van der Waals surface area contributed by atoms with E-state index in [-0.39, 0.29) is 38.1 Å². The van der Waals surface area contributed by atoms with Crippen LogP contribution in [0.4, 0.5) is 0 Å². The third-order valence-electron chi connectivity index (χ3n) is 2.00. The molecule has 1 fully saturated rings. The highest BCUT2D eigenvalue weighted by atomic mass is 14.0. The van der Waals surface area contributed by atoms with Gasteiger partial charge in [-0.3, -0.25) is 0 Å². The van der Waals surface area contributed by atoms with Crippen LogP contribution >= 0.6 is 0 Å². The van der Waals surface area contributed by atoms with E-state index in [1.807, 2.05) is 0 Å². The van der Waals surface area contributed by atoms with Gasteiger partial charge in [-0.2, -0.15) is 0 Å². The van der Waals surface area contributed by atoms with Crippen LogP contribution in [0.15, 0.2) is 0 Å².